The minimum atomic E-state index is -0.450. The predicted molar refractivity (Wildman–Crippen MR) is 106 cm³/mol. The molecule has 5 nitrogen and oxygen atoms in total. The molecule has 2 heterocycles. The van der Waals surface area contributed by atoms with Crippen LogP contribution in [0, 0.1) is 0 Å². The first-order chi connectivity index (χ1) is 12.7. The van der Waals surface area contributed by atoms with Crippen molar-refractivity contribution >= 4 is 23.8 Å². The van der Waals surface area contributed by atoms with E-state index in [0.29, 0.717) is 11.7 Å². The molecule has 2 aliphatic heterocycles. The Morgan fingerprint density at radius 1 is 1.11 bits per heavy atom. The molecule has 0 saturated carbocycles. The van der Waals surface area contributed by atoms with Crippen LogP contribution in [0.1, 0.15) is 52.0 Å². The number of esters is 1. The summed E-state index contributed by atoms with van der Waals surface area (Å²) in [6.45, 7) is 5.75. The van der Waals surface area contributed by atoms with Gasteiger partial charge in [-0.2, -0.15) is 0 Å². The summed E-state index contributed by atoms with van der Waals surface area (Å²) in [7, 11) is 1.41. The molecule has 1 unspecified atom stereocenters. The van der Waals surface area contributed by atoms with Crippen LogP contribution in [0.5, 0.6) is 0 Å². The van der Waals surface area contributed by atoms with E-state index < -0.39 is 5.60 Å². The number of hydrogen-bond donors (Lipinski definition) is 0. The zero-order valence-electron chi connectivity index (χ0n) is 16.6. The highest BCUT2D eigenvalue weighted by atomic mass is 32.2. The number of thioether (sulfide) groups is 1. The van der Waals surface area contributed by atoms with Gasteiger partial charge in [0, 0.05) is 22.2 Å². The van der Waals surface area contributed by atoms with E-state index in [4.69, 9.17) is 9.47 Å². The number of rotatable bonds is 4. The van der Waals surface area contributed by atoms with Crippen LogP contribution < -0.4 is 0 Å². The largest absolute Gasteiger partial charge is 0.469 e. The Kier molecular flexibility index (Phi) is 6.04. The van der Waals surface area contributed by atoms with E-state index in [2.05, 4.69) is 12.1 Å². The maximum Gasteiger partial charge on any atom is 0.410 e. The van der Waals surface area contributed by atoms with E-state index in [0.717, 1.165) is 31.2 Å². The van der Waals surface area contributed by atoms with Crippen LogP contribution in [0.4, 0.5) is 4.79 Å². The van der Waals surface area contributed by atoms with Crippen LogP contribution in [0.2, 0.25) is 0 Å². The van der Waals surface area contributed by atoms with Crippen molar-refractivity contribution in [3.8, 4) is 0 Å². The Hall–Kier alpha value is -1.69. The fourth-order valence-electron chi connectivity index (χ4n) is 3.95. The van der Waals surface area contributed by atoms with Gasteiger partial charge in [-0.05, 0) is 64.2 Å². The van der Waals surface area contributed by atoms with Gasteiger partial charge in [0.1, 0.15) is 5.60 Å². The second-order valence-corrected chi connectivity index (χ2v) is 9.75. The van der Waals surface area contributed by atoms with Gasteiger partial charge in [-0.15, -0.1) is 11.8 Å². The van der Waals surface area contributed by atoms with Crippen molar-refractivity contribution < 1.29 is 19.1 Å². The summed E-state index contributed by atoms with van der Waals surface area (Å²) >= 11 is 1.88. The van der Waals surface area contributed by atoms with E-state index in [-0.39, 0.29) is 24.1 Å². The highest BCUT2D eigenvalue weighted by Gasteiger charge is 2.44. The summed E-state index contributed by atoms with van der Waals surface area (Å²) in [4.78, 5) is 27.1. The molecule has 27 heavy (non-hydrogen) atoms. The number of benzene rings is 1. The van der Waals surface area contributed by atoms with E-state index in [1.807, 2.05) is 49.6 Å². The summed E-state index contributed by atoms with van der Waals surface area (Å²) in [6.07, 6.45) is 4.29. The minimum Gasteiger partial charge on any atom is -0.469 e. The predicted octanol–water partition coefficient (Wildman–Crippen LogP) is 4.42. The van der Waals surface area contributed by atoms with Crippen LogP contribution in [0.3, 0.4) is 0 Å². The van der Waals surface area contributed by atoms with E-state index in [9.17, 15) is 9.59 Å². The molecule has 1 aromatic rings. The SMILES string of the molecule is COC(=O)Cc1ccc(SC2C[C@H]3CC[C@@H](C2)N3C(=O)OC(C)(C)C)cc1. The van der Waals surface area contributed by atoms with Crippen molar-refractivity contribution in [3.63, 3.8) is 0 Å². The smallest absolute Gasteiger partial charge is 0.410 e. The number of nitrogens with zero attached hydrogens (tertiary/aromatic N) is 1. The van der Waals surface area contributed by atoms with Gasteiger partial charge in [0.25, 0.3) is 0 Å². The first-order valence-electron chi connectivity index (χ1n) is 9.59. The summed E-state index contributed by atoms with van der Waals surface area (Å²) < 4.78 is 10.3. The van der Waals surface area contributed by atoms with Gasteiger partial charge in [-0.3, -0.25) is 4.79 Å². The molecular weight excluding hydrogens is 362 g/mol. The van der Waals surface area contributed by atoms with Crippen molar-refractivity contribution in [1.29, 1.82) is 0 Å². The zero-order valence-corrected chi connectivity index (χ0v) is 17.4. The van der Waals surface area contributed by atoms with Crippen molar-refractivity contribution in [2.45, 2.75) is 80.7 Å². The lowest BCUT2D eigenvalue weighted by molar-refractivity contribution is -0.139. The average molecular weight is 392 g/mol. The fraction of sp³-hybridized carbons (Fsp3) is 0.619. The standard InChI is InChI=1S/C21H29NO4S/c1-21(2,3)26-20(24)22-15-7-8-16(22)13-18(12-15)27-17-9-5-14(6-10-17)11-19(23)25-4/h5-6,9-10,15-16,18H,7-8,11-13H2,1-4H3/t15-,16+,18?. The molecule has 2 saturated heterocycles. The molecule has 1 aromatic carbocycles. The van der Waals surface area contributed by atoms with Gasteiger partial charge < -0.3 is 14.4 Å². The molecule has 0 N–H and O–H groups in total. The Balaban J connectivity index is 1.57. The molecule has 3 rings (SSSR count). The van der Waals surface area contributed by atoms with Crippen molar-refractivity contribution in [1.82, 2.24) is 4.90 Å². The lowest BCUT2D eigenvalue weighted by Crippen LogP contribution is -2.49. The molecule has 0 aromatic heterocycles. The van der Waals surface area contributed by atoms with Crippen molar-refractivity contribution in [2.75, 3.05) is 7.11 Å². The molecule has 6 heteroatoms. The second-order valence-electron chi connectivity index (χ2n) is 8.38. The Morgan fingerprint density at radius 3 is 2.22 bits per heavy atom. The molecule has 0 spiro atoms. The summed E-state index contributed by atoms with van der Waals surface area (Å²) in [5, 5.41) is 0.507. The number of hydrogen-bond acceptors (Lipinski definition) is 5. The summed E-state index contributed by atoms with van der Waals surface area (Å²) in [6, 6.07) is 8.70. The van der Waals surface area contributed by atoms with Crippen LogP contribution in [-0.2, 0) is 20.7 Å². The third-order valence-electron chi connectivity index (χ3n) is 5.10. The number of carbonyl (C=O) groups is 2. The zero-order chi connectivity index (χ0) is 19.6. The summed E-state index contributed by atoms with van der Waals surface area (Å²) in [5.74, 6) is -0.221. The normalized spacial score (nSPS) is 24.6. The Bertz CT molecular complexity index is 668. The second kappa shape index (κ2) is 8.13. The van der Waals surface area contributed by atoms with E-state index in [1.54, 1.807) is 0 Å². The molecule has 1 amide bonds. The van der Waals surface area contributed by atoms with Gasteiger partial charge >= 0.3 is 12.1 Å². The van der Waals surface area contributed by atoms with Gasteiger partial charge in [0.15, 0.2) is 0 Å². The molecule has 2 fully saturated rings. The topological polar surface area (TPSA) is 55.8 Å². The molecular formula is C21H29NO4S. The first kappa shape index (κ1) is 20.1. The van der Waals surface area contributed by atoms with Crippen LogP contribution >= 0.6 is 11.8 Å². The van der Waals surface area contributed by atoms with Gasteiger partial charge in [-0.25, -0.2) is 4.79 Å². The monoisotopic (exact) mass is 391 g/mol. The number of fused-ring (bicyclic) bond motifs is 2. The first-order valence-corrected chi connectivity index (χ1v) is 10.5. The summed E-state index contributed by atoms with van der Waals surface area (Å²) in [5.41, 5.74) is 0.514. The van der Waals surface area contributed by atoms with Crippen molar-refractivity contribution in [2.24, 2.45) is 0 Å². The molecule has 148 valence electrons. The van der Waals surface area contributed by atoms with Crippen molar-refractivity contribution in [3.05, 3.63) is 29.8 Å². The maximum atomic E-state index is 12.5. The number of ether oxygens (including phenoxy) is 2. The molecule has 2 bridgehead atoms. The van der Waals surface area contributed by atoms with Crippen LogP contribution in [-0.4, -0.2) is 47.0 Å². The minimum absolute atomic E-state index is 0.161. The molecule has 0 aliphatic carbocycles. The van der Waals surface area contributed by atoms with Gasteiger partial charge in [-0.1, -0.05) is 12.1 Å². The third-order valence-corrected chi connectivity index (χ3v) is 6.36. The lowest BCUT2D eigenvalue weighted by Gasteiger charge is -2.39. The van der Waals surface area contributed by atoms with Crippen LogP contribution in [0.15, 0.2) is 29.2 Å². The third kappa shape index (κ3) is 5.18. The highest BCUT2D eigenvalue weighted by molar-refractivity contribution is 8.00. The lowest BCUT2D eigenvalue weighted by atomic mass is 10.0. The fourth-order valence-corrected chi connectivity index (χ4v) is 5.27. The van der Waals surface area contributed by atoms with E-state index in [1.165, 1.54) is 12.0 Å². The maximum absolute atomic E-state index is 12.5. The van der Waals surface area contributed by atoms with Gasteiger partial charge in [0.05, 0.1) is 13.5 Å². The Morgan fingerprint density at radius 2 is 1.70 bits per heavy atom. The molecule has 3 atom stereocenters. The quantitative estimate of drug-likeness (QED) is 0.711. The van der Waals surface area contributed by atoms with E-state index >= 15 is 0 Å². The number of carbonyl (C=O) groups excluding carboxylic acids is 2. The van der Waals surface area contributed by atoms with Crippen LogP contribution in [0.25, 0.3) is 0 Å². The molecule has 2 aliphatic rings. The number of methoxy groups -OCH3 is 1. The molecule has 0 radical (unpaired) electrons. The van der Waals surface area contributed by atoms with Gasteiger partial charge in [0.2, 0.25) is 0 Å². The number of amides is 1. The number of piperidine rings is 1. The average Bonchev–Trinajstić information content (AvgIpc) is 2.86. The Labute approximate surface area is 165 Å². The highest BCUT2D eigenvalue weighted by Crippen LogP contribution is 2.42.